The maximum absolute atomic E-state index is 12.5. The second-order valence-electron chi connectivity index (χ2n) is 6.88. The minimum Gasteiger partial charge on any atom is -0.336 e. The van der Waals surface area contributed by atoms with E-state index >= 15 is 0 Å². The van der Waals surface area contributed by atoms with Gasteiger partial charge in [-0.2, -0.15) is 8.78 Å². The SMILES string of the molecule is CC(C)(C)N1CC(NC(=O)N2CCC(=C(F)F)CC2)CC1=O. The first kappa shape index (κ1) is 16.7. The number of hydrogen-bond donors (Lipinski definition) is 1. The van der Waals surface area contributed by atoms with Crippen LogP contribution in [0, 0.1) is 0 Å². The summed E-state index contributed by atoms with van der Waals surface area (Å²) in [6, 6.07) is -0.485. The van der Waals surface area contributed by atoms with Crippen LogP contribution in [0.1, 0.15) is 40.0 Å². The Balaban J connectivity index is 1.87. The molecule has 0 aromatic heterocycles. The lowest BCUT2D eigenvalue weighted by Crippen LogP contribution is -2.49. The Kier molecular flexibility index (Phi) is 4.72. The Morgan fingerprint density at radius 2 is 1.82 bits per heavy atom. The average molecular weight is 315 g/mol. The second kappa shape index (κ2) is 6.22. The fraction of sp³-hybridized carbons (Fsp3) is 0.733. The Morgan fingerprint density at radius 3 is 2.27 bits per heavy atom. The largest absolute Gasteiger partial charge is 0.336 e. The van der Waals surface area contributed by atoms with Crippen LogP contribution in [-0.4, -0.2) is 53.0 Å². The van der Waals surface area contributed by atoms with Crippen molar-refractivity contribution in [1.82, 2.24) is 15.1 Å². The molecule has 3 amide bonds. The van der Waals surface area contributed by atoms with Gasteiger partial charge in [-0.1, -0.05) is 0 Å². The Morgan fingerprint density at radius 1 is 1.23 bits per heavy atom. The molecule has 0 saturated carbocycles. The van der Waals surface area contributed by atoms with Crippen molar-refractivity contribution in [2.75, 3.05) is 19.6 Å². The molecule has 0 spiro atoms. The summed E-state index contributed by atoms with van der Waals surface area (Å²) in [5.41, 5.74) is -0.126. The highest BCUT2D eigenvalue weighted by Crippen LogP contribution is 2.23. The molecule has 2 rings (SSSR count). The summed E-state index contributed by atoms with van der Waals surface area (Å²) in [6.07, 6.45) is -0.899. The first-order chi connectivity index (χ1) is 10.2. The summed E-state index contributed by atoms with van der Waals surface area (Å²) in [6.45, 7) is 6.95. The van der Waals surface area contributed by atoms with Crippen LogP contribution in [0.4, 0.5) is 13.6 Å². The van der Waals surface area contributed by atoms with E-state index in [1.165, 1.54) is 4.90 Å². The number of nitrogens with one attached hydrogen (secondary N) is 1. The van der Waals surface area contributed by atoms with Crippen molar-refractivity contribution < 1.29 is 18.4 Å². The maximum Gasteiger partial charge on any atom is 0.317 e. The Bertz CT molecular complexity index is 486. The number of hydrogen-bond acceptors (Lipinski definition) is 2. The third-order valence-corrected chi connectivity index (χ3v) is 4.18. The highest BCUT2D eigenvalue weighted by atomic mass is 19.3. The van der Waals surface area contributed by atoms with Crippen molar-refractivity contribution in [3.63, 3.8) is 0 Å². The molecule has 2 aliphatic rings. The number of likely N-dealkylation sites (tertiary alicyclic amines) is 2. The van der Waals surface area contributed by atoms with Crippen LogP contribution in [0.3, 0.4) is 0 Å². The molecule has 7 heteroatoms. The molecule has 5 nitrogen and oxygen atoms in total. The Hall–Kier alpha value is -1.66. The lowest BCUT2D eigenvalue weighted by molar-refractivity contribution is -0.131. The van der Waals surface area contributed by atoms with Crippen molar-refractivity contribution in [3.05, 3.63) is 11.7 Å². The summed E-state index contributed by atoms with van der Waals surface area (Å²) >= 11 is 0. The fourth-order valence-corrected chi connectivity index (χ4v) is 2.89. The zero-order valence-electron chi connectivity index (χ0n) is 13.3. The predicted molar refractivity (Wildman–Crippen MR) is 78.5 cm³/mol. The molecular weight excluding hydrogens is 292 g/mol. The summed E-state index contributed by atoms with van der Waals surface area (Å²) in [5, 5.41) is 2.85. The molecule has 2 fully saturated rings. The van der Waals surface area contributed by atoms with E-state index in [1.54, 1.807) is 4.90 Å². The molecule has 0 aromatic carbocycles. The standard InChI is InChI=1S/C15H23F2N3O2/c1-15(2,3)20-9-11(8-12(20)21)18-14(22)19-6-4-10(5-7-19)13(16)17/h11H,4-9H2,1-3H3,(H,18,22). The number of piperidine rings is 1. The molecule has 1 N–H and O–H groups in total. The van der Waals surface area contributed by atoms with Gasteiger partial charge in [0.05, 0.1) is 6.04 Å². The molecule has 0 bridgehead atoms. The molecule has 2 saturated heterocycles. The summed E-state index contributed by atoms with van der Waals surface area (Å²) < 4.78 is 25.0. The van der Waals surface area contributed by atoms with Crippen LogP contribution < -0.4 is 5.32 Å². The normalized spacial score (nSPS) is 23.0. The van der Waals surface area contributed by atoms with E-state index in [9.17, 15) is 18.4 Å². The molecule has 1 unspecified atom stereocenters. The summed E-state index contributed by atoms with van der Waals surface area (Å²) in [4.78, 5) is 27.4. The number of amides is 3. The molecule has 124 valence electrons. The van der Waals surface area contributed by atoms with Crippen molar-refractivity contribution in [1.29, 1.82) is 0 Å². The quantitative estimate of drug-likeness (QED) is 0.807. The second-order valence-corrected chi connectivity index (χ2v) is 6.88. The first-order valence-electron chi connectivity index (χ1n) is 7.57. The van der Waals surface area contributed by atoms with Gasteiger partial charge in [0.2, 0.25) is 5.91 Å². The average Bonchev–Trinajstić information content (AvgIpc) is 2.79. The van der Waals surface area contributed by atoms with Gasteiger partial charge in [0.1, 0.15) is 0 Å². The van der Waals surface area contributed by atoms with Crippen molar-refractivity contribution >= 4 is 11.9 Å². The lowest BCUT2D eigenvalue weighted by Gasteiger charge is -2.32. The van der Waals surface area contributed by atoms with Gasteiger partial charge in [0, 0.05) is 31.6 Å². The summed E-state index contributed by atoms with van der Waals surface area (Å²) in [7, 11) is 0. The number of carbonyl (C=O) groups is 2. The van der Waals surface area contributed by atoms with Crippen molar-refractivity contribution in [2.45, 2.75) is 51.6 Å². The van der Waals surface area contributed by atoms with Gasteiger partial charge in [-0.05, 0) is 39.2 Å². The van der Waals surface area contributed by atoms with Gasteiger partial charge < -0.3 is 15.1 Å². The monoisotopic (exact) mass is 315 g/mol. The Labute approximate surface area is 129 Å². The van der Waals surface area contributed by atoms with E-state index in [2.05, 4.69) is 5.32 Å². The number of rotatable bonds is 1. The highest BCUT2D eigenvalue weighted by Gasteiger charge is 2.37. The van der Waals surface area contributed by atoms with Gasteiger partial charge in [-0.3, -0.25) is 4.79 Å². The molecule has 22 heavy (non-hydrogen) atoms. The summed E-state index contributed by atoms with van der Waals surface area (Å²) in [5.74, 6) is 0.0289. The molecule has 2 aliphatic heterocycles. The minimum absolute atomic E-state index is 0.0289. The van der Waals surface area contributed by atoms with E-state index in [0.717, 1.165) is 0 Å². The molecule has 0 aromatic rings. The molecule has 0 radical (unpaired) electrons. The van der Waals surface area contributed by atoms with Crippen molar-refractivity contribution in [2.24, 2.45) is 0 Å². The van der Waals surface area contributed by atoms with E-state index in [4.69, 9.17) is 0 Å². The lowest BCUT2D eigenvalue weighted by atomic mass is 10.1. The zero-order chi connectivity index (χ0) is 16.5. The van der Waals surface area contributed by atoms with Crippen LogP contribution >= 0.6 is 0 Å². The third-order valence-electron chi connectivity index (χ3n) is 4.18. The predicted octanol–water partition coefficient (Wildman–Crippen LogP) is 2.34. The van der Waals surface area contributed by atoms with Crippen LogP contribution in [0.5, 0.6) is 0 Å². The first-order valence-corrected chi connectivity index (χ1v) is 7.57. The van der Waals surface area contributed by atoms with E-state index < -0.39 is 6.08 Å². The minimum atomic E-state index is -1.62. The number of carbonyl (C=O) groups excluding carboxylic acids is 2. The number of nitrogens with zero attached hydrogens (tertiary/aromatic N) is 2. The van der Waals surface area contributed by atoms with Gasteiger partial charge in [-0.25, -0.2) is 4.79 Å². The maximum atomic E-state index is 12.5. The van der Waals surface area contributed by atoms with Crippen LogP contribution in [0.15, 0.2) is 11.7 Å². The molecule has 0 aliphatic carbocycles. The van der Waals surface area contributed by atoms with Crippen molar-refractivity contribution in [3.8, 4) is 0 Å². The topological polar surface area (TPSA) is 52.7 Å². The molecular formula is C15H23F2N3O2. The van der Waals surface area contributed by atoms with Gasteiger partial charge >= 0.3 is 6.03 Å². The van der Waals surface area contributed by atoms with E-state index in [1.807, 2.05) is 20.8 Å². The van der Waals surface area contributed by atoms with E-state index in [0.29, 0.717) is 26.1 Å². The van der Waals surface area contributed by atoms with Crippen LogP contribution in [-0.2, 0) is 4.79 Å². The fourth-order valence-electron chi connectivity index (χ4n) is 2.89. The third kappa shape index (κ3) is 3.75. The van der Waals surface area contributed by atoms with Gasteiger partial charge in [0.25, 0.3) is 6.08 Å². The number of urea groups is 1. The van der Waals surface area contributed by atoms with Gasteiger partial charge in [-0.15, -0.1) is 0 Å². The van der Waals surface area contributed by atoms with E-state index in [-0.39, 0.29) is 41.9 Å². The number of halogens is 2. The van der Waals surface area contributed by atoms with Crippen LogP contribution in [0.2, 0.25) is 0 Å². The zero-order valence-corrected chi connectivity index (χ0v) is 13.3. The van der Waals surface area contributed by atoms with Gasteiger partial charge in [0.15, 0.2) is 0 Å². The molecule has 1 atom stereocenters. The smallest absolute Gasteiger partial charge is 0.317 e. The van der Waals surface area contributed by atoms with Crippen LogP contribution in [0.25, 0.3) is 0 Å². The molecule has 2 heterocycles. The highest BCUT2D eigenvalue weighted by molar-refractivity contribution is 5.82.